The highest BCUT2D eigenvalue weighted by atomic mass is 19.1. The largest absolute Gasteiger partial charge is 0.504 e. The Bertz CT molecular complexity index is 1110. The van der Waals surface area contributed by atoms with Crippen molar-refractivity contribution in [2.24, 2.45) is 0 Å². The third-order valence-electron chi connectivity index (χ3n) is 4.07. The van der Waals surface area contributed by atoms with Crippen molar-refractivity contribution in [1.29, 1.82) is 0 Å². The molecule has 0 aromatic heterocycles. The Morgan fingerprint density at radius 2 is 2.00 bits per heavy atom. The molecule has 2 aromatic carbocycles. The number of phenols is 1. The minimum absolute atomic E-state index is 0.0893. The maximum Gasteiger partial charge on any atom is 0.335 e. The molecule has 0 radical (unpaired) electrons. The van der Waals surface area contributed by atoms with Crippen LogP contribution in [0.1, 0.15) is 12.5 Å². The number of aromatic hydroxyl groups is 1. The van der Waals surface area contributed by atoms with Gasteiger partial charge in [0.2, 0.25) is 0 Å². The number of nitro benzene ring substituents is 1. The van der Waals surface area contributed by atoms with E-state index < -0.39 is 45.6 Å². The fraction of sp³-hybridized carbons (Fsp3) is 0.105. The number of nitrogens with one attached hydrogen (secondary N) is 1. The molecule has 11 heteroatoms. The maximum absolute atomic E-state index is 13.5. The number of amides is 4. The topological polar surface area (TPSA) is 139 Å². The Balaban J connectivity index is 2.12. The lowest BCUT2D eigenvalue weighted by molar-refractivity contribution is -0.385. The molecule has 0 unspecified atom stereocenters. The number of benzene rings is 2. The van der Waals surface area contributed by atoms with Crippen LogP contribution in [0, 0.1) is 15.9 Å². The number of carbonyl (C=O) groups excluding carboxylic acids is 3. The molecular weight excluding hydrogens is 401 g/mol. The van der Waals surface area contributed by atoms with Crippen molar-refractivity contribution in [2.75, 3.05) is 11.5 Å². The molecule has 1 aliphatic rings. The first kappa shape index (κ1) is 20.5. The summed E-state index contributed by atoms with van der Waals surface area (Å²) in [5.41, 5.74) is -1.43. The molecule has 3 rings (SSSR count). The molecule has 0 saturated carbocycles. The molecule has 1 saturated heterocycles. The number of nitro groups is 1. The van der Waals surface area contributed by atoms with Crippen LogP contribution in [0.15, 0.2) is 42.0 Å². The van der Waals surface area contributed by atoms with E-state index in [2.05, 4.69) is 0 Å². The third kappa shape index (κ3) is 3.81. The summed E-state index contributed by atoms with van der Waals surface area (Å²) in [6.07, 6.45) is 0.890. The molecule has 30 heavy (non-hydrogen) atoms. The number of ether oxygens (including phenoxy) is 1. The molecule has 1 heterocycles. The van der Waals surface area contributed by atoms with Crippen LogP contribution in [-0.4, -0.2) is 34.5 Å². The molecule has 0 spiro atoms. The highest BCUT2D eigenvalue weighted by molar-refractivity contribution is 6.39. The summed E-state index contributed by atoms with van der Waals surface area (Å²) in [6.45, 7) is 1.68. The number of carbonyl (C=O) groups is 3. The predicted molar refractivity (Wildman–Crippen MR) is 101 cm³/mol. The third-order valence-corrected chi connectivity index (χ3v) is 4.07. The minimum Gasteiger partial charge on any atom is -0.504 e. The molecule has 2 N–H and O–H groups in total. The van der Waals surface area contributed by atoms with Crippen LogP contribution in [-0.2, 0) is 9.59 Å². The van der Waals surface area contributed by atoms with E-state index in [0.717, 1.165) is 30.3 Å². The molecule has 2 aromatic rings. The normalized spacial score (nSPS) is 15.3. The highest BCUT2D eigenvalue weighted by Crippen LogP contribution is 2.36. The Hall–Kier alpha value is -4.28. The van der Waals surface area contributed by atoms with E-state index in [1.165, 1.54) is 12.1 Å². The number of nitrogens with zero attached hydrogens (tertiary/aromatic N) is 2. The zero-order valence-electron chi connectivity index (χ0n) is 15.4. The van der Waals surface area contributed by atoms with Crippen LogP contribution >= 0.6 is 0 Å². The first-order chi connectivity index (χ1) is 14.2. The van der Waals surface area contributed by atoms with Gasteiger partial charge < -0.3 is 9.84 Å². The van der Waals surface area contributed by atoms with E-state index in [1.807, 2.05) is 5.32 Å². The molecule has 0 aliphatic carbocycles. The van der Waals surface area contributed by atoms with Crippen LogP contribution in [0.25, 0.3) is 6.08 Å². The van der Waals surface area contributed by atoms with Gasteiger partial charge in [-0.05, 0) is 31.2 Å². The van der Waals surface area contributed by atoms with Crippen LogP contribution < -0.4 is 15.0 Å². The van der Waals surface area contributed by atoms with Gasteiger partial charge in [-0.25, -0.2) is 14.1 Å². The van der Waals surface area contributed by atoms with Crippen molar-refractivity contribution in [3.8, 4) is 11.5 Å². The van der Waals surface area contributed by atoms with E-state index in [-0.39, 0.29) is 23.6 Å². The molecule has 0 bridgehead atoms. The van der Waals surface area contributed by atoms with Gasteiger partial charge in [-0.3, -0.25) is 25.0 Å². The van der Waals surface area contributed by atoms with Crippen molar-refractivity contribution in [1.82, 2.24) is 5.32 Å². The Morgan fingerprint density at radius 3 is 2.63 bits per heavy atom. The number of imide groups is 2. The standard InChI is InChI=1S/C19H14FN3O7/c1-2-30-15-9-13(23(28)29)6-10(16(15)24)7-14-17(25)21-19(27)22(18(14)26)12-5-3-4-11(20)8-12/h3-9,24H,2H2,1H3,(H,21,25,27)/b14-7+. The predicted octanol–water partition coefficient (Wildman–Crippen LogP) is 2.50. The van der Waals surface area contributed by atoms with Gasteiger partial charge in [0.15, 0.2) is 11.5 Å². The second-order valence-electron chi connectivity index (χ2n) is 6.01. The SMILES string of the molecule is CCOc1cc([N+](=O)[O-])cc(/C=C2\C(=O)NC(=O)N(c3cccc(F)c3)C2=O)c1O. The number of hydrogen-bond donors (Lipinski definition) is 2. The van der Waals surface area contributed by atoms with E-state index in [9.17, 15) is 34.0 Å². The van der Waals surface area contributed by atoms with Gasteiger partial charge in [-0.15, -0.1) is 0 Å². The van der Waals surface area contributed by atoms with Gasteiger partial charge in [0.05, 0.1) is 23.3 Å². The number of anilines is 1. The highest BCUT2D eigenvalue weighted by Gasteiger charge is 2.37. The number of phenolic OH excluding ortho intramolecular Hbond substituents is 1. The minimum atomic E-state index is -1.10. The number of rotatable bonds is 5. The molecule has 154 valence electrons. The fourth-order valence-corrected chi connectivity index (χ4v) is 2.76. The molecule has 4 amide bonds. The second kappa shape index (κ2) is 7.99. The average Bonchev–Trinajstić information content (AvgIpc) is 2.67. The molecule has 1 fully saturated rings. The number of halogens is 1. The maximum atomic E-state index is 13.5. The van der Waals surface area contributed by atoms with Crippen LogP contribution in [0.2, 0.25) is 0 Å². The van der Waals surface area contributed by atoms with Crippen molar-refractivity contribution < 1.29 is 33.5 Å². The Labute approximate surface area is 168 Å². The monoisotopic (exact) mass is 415 g/mol. The first-order valence-corrected chi connectivity index (χ1v) is 8.54. The van der Waals surface area contributed by atoms with Crippen LogP contribution in [0.3, 0.4) is 0 Å². The zero-order valence-corrected chi connectivity index (χ0v) is 15.4. The number of non-ortho nitro benzene ring substituents is 1. The zero-order chi connectivity index (χ0) is 22.0. The van der Waals surface area contributed by atoms with E-state index >= 15 is 0 Å². The van der Waals surface area contributed by atoms with Gasteiger partial charge in [0.25, 0.3) is 17.5 Å². The lowest BCUT2D eigenvalue weighted by Crippen LogP contribution is -2.54. The summed E-state index contributed by atoms with van der Waals surface area (Å²) in [6, 6.07) is 5.42. The lowest BCUT2D eigenvalue weighted by Gasteiger charge is -2.26. The van der Waals surface area contributed by atoms with E-state index in [4.69, 9.17) is 4.74 Å². The Kier molecular flexibility index (Phi) is 5.45. The van der Waals surface area contributed by atoms with Crippen molar-refractivity contribution in [3.05, 3.63) is 63.5 Å². The van der Waals surface area contributed by atoms with E-state index in [0.29, 0.717) is 4.90 Å². The Morgan fingerprint density at radius 1 is 1.27 bits per heavy atom. The van der Waals surface area contributed by atoms with Gasteiger partial charge in [-0.1, -0.05) is 6.07 Å². The first-order valence-electron chi connectivity index (χ1n) is 8.54. The van der Waals surface area contributed by atoms with Crippen LogP contribution in [0.5, 0.6) is 11.5 Å². The summed E-state index contributed by atoms with van der Waals surface area (Å²) in [4.78, 5) is 48.1. The molecular formula is C19H14FN3O7. The second-order valence-corrected chi connectivity index (χ2v) is 6.01. The van der Waals surface area contributed by atoms with Crippen molar-refractivity contribution in [3.63, 3.8) is 0 Å². The molecule has 0 atom stereocenters. The number of barbiturate groups is 1. The number of urea groups is 1. The number of hydrogen-bond acceptors (Lipinski definition) is 7. The van der Waals surface area contributed by atoms with Gasteiger partial charge in [0.1, 0.15) is 11.4 Å². The van der Waals surface area contributed by atoms with Crippen LogP contribution in [0.4, 0.5) is 20.6 Å². The van der Waals surface area contributed by atoms with E-state index in [1.54, 1.807) is 6.92 Å². The van der Waals surface area contributed by atoms with Gasteiger partial charge in [-0.2, -0.15) is 0 Å². The summed E-state index contributed by atoms with van der Waals surface area (Å²) < 4.78 is 18.7. The summed E-state index contributed by atoms with van der Waals surface area (Å²) >= 11 is 0. The van der Waals surface area contributed by atoms with Crippen molar-refractivity contribution >= 4 is 35.3 Å². The average molecular weight is 415 g/mol. The summed E-state index contributed by atoms with van der Waals surface area (Å²) in [5, 5.41) is 23.4. The van der Waals surface area contributed by atoms with Gasteiger partial charge in [0, 0.05) is 11.6 Å². The quantitative estimate of drug-likeness (QED) is 0.331. The summed E-state index contributed by atoms with van der Waals surface area (Å²) in [5.74, 6) is -3.65. The van der Waals surface area contributed by atoms with Gasteiger partial charge >= 0.3 is 6.03 Å². The lowest BCUT2D eigenvalue weighted by atomic mass is 10.0. The fourth-order valence-electron chi connectivity index (χ4n) is 2.76. The smallest absolute Gasteiger partial charge is 0.335 e. The summed E-state index contributed by atoms with van der Waals surface area (Å²) in [7, 11) is 0. The molecule has 10 nitrogen and oxygen atoms in total. The van der Waals surface area contributed by atoms with Crippen molar-refractivity contribution in [2.45, 2.75) is 6.92 Å². The molecule has 1 aliphatic heterocycles.